The number of terminal acetylenes is 1. The Morgan fingerprint density at radius 2 is 1.40 bits per heavy atom. The van der Waals surface area contributed by atoms with Crippen LogP contribution in [0.4, 0.5) is 0 Å². The van der Waals surface area contributed by atoms with Gasteiger partial charge in [0.2, 0.25) is 0 Å². The van der Waals surface area contributed by atoms with Gasteiger partial charge in [-0.05, 0) is 42.8 Å². The van der Waals surface area contributed by atoms with Gasteiger partial charge in [-0.1, -0.05) is 66.6 Å². The lowest BCUT2D eigenvalue weighted by molar-refractivity contribution is 0.669. The first kappa shape index (κ1) is 20.6. The molecule has 6 aromatic rings. The number of para-hydroxylation sites is 3. The molecular weight excluding hydrogens is 428 g/mol. The molecule has 3 heteroatoms. The monoisotopic (exact) mass is 448 g/mol. The van der Waals surface area contributed by atoms with Gasteiger partial charge >= 0.3 is 0 Å². The second-order valence-electron chi connectivity index (χ2n) is 8.49. The third-order valence-corrected chi connectivity index (χ3v) is 6.51. The molecule has 0 unspecified atom stereocenters. The normalized spacial score (nSPS) is 12.7. The molecule has 4 aromatic carbocycles. The molecule has 0 fully saturated rings. The van der Waals surface area contributed by atoms with E-state index in [9.17, 15) is 5.26 Å². The quantitative estimate of drug-likeness (QED) is 0.156. The first-order valence-corrected chi connectivity index (χ1v) is 11.4. The van der Waals surface area contributed by atoms with Crippen molar-refractivity contribution in [2.24, 2.45) is 0 Å². The first-order chi connectivity index (χ1) is 17.2. The van der Waals surface area contributed by atoms with Crippen LogP contribution in [0.15, 0.2) is 107 Å². The van der Waals surface area contributed by atoms with Crippen molar-refractivity contribution in [3.8, 4) is 18.4 Å². The molecule has 0 saturated heterocycles. The maximum Gasteiger partial charge on any atom is 0.135 e. The zero-order valence-electron chi connectivity index (χ0n) is 19.1. The Bertz CT molecular complexity index is 1880. The van der Waals surface area contributed by atoms with Crippen LogP contribution >= 0.6 is 0 Å². The Labute approximate surface area is 202 Å². The molecule has 0 bridgehead atoms. The van der Waals surface area contributed by atoms with Crippen molar-refractivity contribution >= 4 is 55.0 Å². The third kappa shape index (κ3) is 3.15. The Hall–Kier alpha value is -4.99. The maximum atomic E-state index is 10.0. The van der Waals surface area contributed by atoms with Crippen molar-refractivity contribution in [1.82, 2.24) is 4.57 Å². The van der Waals surface area contributed by atoms with Crippen LogP contribution in [0.2, 0.25) is 0 Å². The SMILES string of the molecule is C#C/C=C(\C(=C(/C)C#N)c1ccc2oc3ccccc3c2c1)n1c2ccccc2c2ccccc21. The first-order valence-electron chi connectivity index (χ1n) is 11.4. The molecule has 0 radical (unpaired) electrons. The summed E-state index contributed by atoms with van der Waals surface area (Å²) >= 11 is 0. The number of rotatable bonds is 3. The van der Waals surface area contributed by atoms with Crippen LogP contribution in [0.3, 0.4) is 0 Å². The Morgan fingerprint density at radius 1 is 0.800 bits per heavy atom. The number of allylic oxidation sites excluding steroid dienone is 4. The smallest absolute Gasteiger partial charge is 0.135 e. The number of furan rings is 1. The van der Waals surface area contributed by atoms with E-state index >= 15 is 0 Å². The van der Waals surface area contributed by atoms with Crippen molar-refractivity contribution < 1.29 is 4.42 Å². The van der Waals surface area contributed by atoms with Crippen LogP contribution in [-0.4, -0.2) is 4.57 Å². The topological polar surface area (TPSA) is 41.9 Å². The fourth-order valence-electron chi connectivity index (χ4n) is 5.00. The maximum absolute atomic E-state index is 10.0. The molecule has 164 valence electrons. The minimum absolute atomic E-state index is 0.584. The molecule has 0 saturated carbocycles. The number of fused-ring (bicyclic) bond motifs is 6. The predicted molar refractivity (Wildman–Crippen MR) is 144 cm³/mol. The summed E-state index contributed by atoms with van der Waals surface area (Å²) < 4.78 is 8.20. The van der Waals surface area contributed by atoms with Gasteiger partial charge in [0, 0.05) is 38.8 Å². The summed E-state index contributed by atoms with van der Waals surface area (Å²) in [6.07, 6.45) is 7.63. The van der Waals surface area contributed by atoms with Crippen molar-refractivity contribution in [3.63, 3.8) is 0 Å². The average Bonchev–Trinajstić information content (AvgIpc) is 3.44. The van der Waals surface area contributed by atoms with Gasteiger partial charge < -0.3 is 8.98 Å². The molecule has 0 aliphatic rings. The molecule has 0 atom stereocenters. The zero-order valence-corrected chi connectivity index (χ0v) is 19.1. The second kappa shape index (κ2) is 8.10. The van der Waals surface area contributed by atoms with Gasteiger partial charge in [-0.25, -0.2) is 0 Å². The highest BCUT2D eigenvalue weighted by Crippen LogP contribution is 2.39. The summed E-state index contributed by atoms with van der Waals surface area (Å²) in [4.78, 5) is 0. The summed E-state index contributed by atoms with van der Waals surface area (Å²) in [7, 11) is 0. The van der Waals surface area contributed by atoms with Gasteiger partial charge in [0.15, 0.2) is 0 Å². The highest BCUT2D eigenvalue weighted by atomic mass is 16.3. The van der Waals surface area contributed by atoms with Crippen molar-refractivity contribution in [2.75, 3.05) is 0 Å². The van der Waals surface area contributed by atoms with Crippen molar-refractivity contribution in [3.05, 3.63) is 108 Å². The summed E-state index contributed by atoms with van der Waals surface area (Å²) in [6, 6.07) is 33.0. The van der Waals surface area contributed by atoms with Crippen LogP contribution in [0.1, 0.15) is 12.5 Å². The molecule has 2 heterocycles. The van der Waals surface area contributed by atoms with E-state index in [4.69, 9.17) is 10.8 Å². The molecule has 0 spiro atoms. The van der Waals surface area contributed by atoms with Gasteiger partial charge in [-0.2, -0.15) is 5.26 Å². The Balaban J connectivity index is 1.69. The largest absolute Gasteiger partial charge is 0.456 e. The number of nitrogens with zero attached hydrogens (tertiary/aromatic N) is 2. The summed E-state index contributed by atoms with van der Waals surface area (Å²) in [5.74, 6) is 2.73. The molecule has 3 nitrogen and oxygen atoms in total. The van der Waals surface area contributed by atoms with Gasteiger partial charge in [0.05, 0.1) is 22.8 Å². The molecule has 0 aliphatic carbocycles. The molecule has 6 rings (SSSR count). The highest BCUT2D eigenvalue weighted by molar-refractivity contribution is 6.15. The lowest BCUT2D eigenvalue weighted by Crippen LogP contribution is -2.02. The molecular formula is C32H20N2O. The van der Waals surface area contributed by atoms with Gasteiger partial charge in [0.1, 0.15) is 11.2 Å². The molecule has 0 amide bonds. The van der Waals surface area contributed by atoms with Gasteiger partial charge in [0.25, 0.3) is 0 Å². The van der Waals surface area contributed by atoms with Crippen LogP contribution in [0, 0.1) is 23.7 Å². The number of hydrogen-bond donors (Lipinski definition) is 0. The highest BCUT2D eigenvalue weighted by Gasteiger charge is 2.20. The zero-order chi connectivity index (χ0) is 23.9. The lowest BCUT2D eigenvalue weighted by atomic mass is 9.95. The molecule has 0 aliphatic heterocycles. The number of nitriles is 1. The van der Waals surface area contributed by atoms with Crippen LogP contribution in [0.25, 0.3) is 55.0 Å². The van der Waals surface area contributed by atoms with Gasteiger partial charge in [-0.15, -0.1) is 6.42 Å². The fraction of sp³-hybridized carbons (Fsp3) is 0.0312. The molecule has 0 N–H and O–H groups in total. The number of benzene rings is 4. The van der Waals surface area contributed by atoms with E-state index in [0.29, 0.717) is 5.57 Å². The summed E-state index contributed by atoms with van der Waals surface area (Å²) in [5.41, 5.74) is 6.79. The number of hydrogen-bond acceptors (Lipinski definition) is 2. The minimum Gasteiger partial charge on any atom is -0.456 e. The Morgan fingerprint density at radius 3 is 2.06 bits per heavy atom. The van der Waals surface area contributed by atoms with Crippen LogP contribution in [0.5, 0.6) is 0 Å². The predicted octanol–water partition coefficient (Wildman–Crippen LogP) is 8.17. The third-order valence-electron chi connectivity index (χ3n) is 6.51. The van der Waals surface area contributed by atoms with E-state index in [1.165, 1.54) is 0 Å². The number of aromatic nitrogens is 1. The van der Waals surface area contributed by atoms with E-state index in [0.717, 1.165) is 60.6 Å². The van der Waals surface area contributed by atoms with E-state index < -0.39 is 0 Å². The standard InChI is InChI=1S/C32H20N2O/c1-3-10-29(34-27-14-7-4-11-23(27)24-12-5-8-15-28(24)34)32(21(2)20-33)22-17-18-31-26(19-22)25-13-6-9-16-30(25)35-31/h1,4-19H,2H3/b29-10+,32-21+. The van der Waals surface area contributed by atoms with E-state index in [1.54, 1.807) is 6.08 Å². The van der Waals surface area contributed by atoms with Crippen molar-refractivity contribution in [1.29, 1.82) is 5.26 Å². The van der Waals surface area contributed by atoms with Crippen LogP contribution in [-0.2, 0) is 0 Å². The van der Waals surface area contributed by atoms with Crippen molar-refractivity contribution in [2.45, 2.75) is 6.92 Å². The average molecular weight is 449 g/mol. The second-order valence-corrected chi connectivity index (χ2v) is 8.49. The molecule has 35 heavy (non-hydrogen) atoms. The molecule has 2 aromatic heterocycles. The van der Waals surface area contributed by atoms with Gasteiger partial charge in [-0.3, -0.25) is 0 Å². The minimum atomic E-state index is 0.584. The fourth-order valence-corrected chi connectivity index (χ4v) is 5.00. The Kier molecular flexibility index (Phi) is 4.77. The van der Waals surface area contributed by atoms with Crippen LogP contribution < -0.4 is 0 Å². The summed E-state index contributed by atoms with van der Waals surface area (Å²) in [5, 5.41) is 14.4. The van der Waals surface area contributed by atoms with E-state index in [-0.39, 0.29) is 0 Å². The van der Waals surface area contributed by atoms with E-state index in [1.807, 2.05) is 61.5 Å². The lowest BCUT2D eigenvalue weighted by Gasteiger charge is -2.17. The van der Waals surface area contributed by atoms with E-state index in [2.05, 4.69) is 53.0 Å². The summed E-state index contributed by atoms with van der Waals surface area (Å²) in [6.45, 7) is 1.84.